The normalized spacial score (nSPS) is 11.8. The fourth-order valence-corrected chi connectivity index (χ4v) is 1.56. The molecule has 17 heavy (non-hydrogen) atoms. The van der Waals surface area contributed by atoms with Crippen LogP contribution in [0.25, 0.3) is 0 Å². The van der Waals surface area contributed by atoms with Crippen molar-refractivity contribution in [2.75, 3.05) is 0 Å². The van der Waals surface area contributed by atoms with Crippen LogP contribution in [0.3, 0.4) is 0 Å². The predicted octanol–water partition coefficient (Wildman–Crippen LogP) is 3.86. The highest BCUT2D eigenvalue weighted by Gasteiger charge is 2.06. The van der Waals surface area contributed by atoms with Crippen LogP contribution in [0, 0.1) is 0 Å². The zero-order chi connectivity index (χ0) is 12.1. The van der Waals surface area contributed by atoms with E-state index in [1.165, 1.54) is 0 Å². The van der Waals surface area contributed by atoms with Crippen molar-refractivity contribution in [3.63, 3.8) is 0 Å². The quantitative estimate of drug-likeness (QED) is 0.811. The molecule has 1 aromatic rings. The Morgan fingerprint density at radius 2 is 1.82 bits per heavy atom. The number of halogens is 1. The third kappa shape index (κ3) is 5.76. The van der Waals surface area contributed by atoms with Crippen molar-refractivity contribution in [1.29, 1.82) is 0 Å². The van der Waals surface area contributed by atoms with Gasteiger partial charge in [0.05, 0.1) is 6.10 Å². The summed E-state index contributed by atoms with van der Waals surface area (Å²) in [5, 5.41) is 0. The molecule has 3 heteroatoms. The Hall–Kier alpha value is -0.990. The Kier molecular flexibility index (Phi) is 6.93. The third-order valence-electron chi connectivity index (χ3n) is 2.25. The molecule has 2 nitrogen and oxygen atoms in total. The molecule has 0 fully saturated rings. The lowest BCUT2D eigenvalue weighted by Crippen LogP contribution is -2.10. The number of benzene rings is 1. The summed E-state index contributed by atoms with van der Waals surface area (Å²) in [7, 11) is 0. The molecule has 0 aliphatic heterocycles. The van der Waals surface area contributed by atoms with Gasteiger partial charge in [-0.05, 0) is 44.9 Å². The molecule has 0 saturated heterocycles. The van der Waals surface area contributed by atoms with E-state index in [1.54, 1.807) is 0 Å². The van der Waals surface area contributed by atoms with Gasteiger partial charge in [0.25, 0.3) is 0 Å². The summed E-state index contributed by atoms with van der Waals surface area (Å²) in [6, 6.07) is 8.00. The van der Waals surface area contributed by atoms with Gasteiger partial charge < -0.3 is 10.5 Å². The maximum atomic E-state index is 6.05. The highest BCUT2D eigenvalue weighted by Crippen LogP contribution is 2.21. The first kappa shape index (κ1) is 16.0. The third-order valence-corrected chi connectivity index (χ3v) is 2.25. The fourth-order valence-electron chi connectivity index (χ4n) is 1.56. The lowest BCUT2D eigenvalue weighted by Gasteiger charge is -2.14. The number of ether oxygens (including phenoxy) is 1. The summed E-state index contributed by atoms with van der Waals surface area (Å²) in [6.45, 7) is 9.90. The molecule has 0 bridgehead atoms. The molecule has 0 amide bonds. The smallest absolute Gasteiger partial charge is 0.119 e. The fraction of sp³-hybridized carbons (Fsp3) is 0.429. The second-order valence-corrected chi connectivity index (χ2v) is 4.50. The average Bonchev–Trinajstić information content (AvgIpc) is 2.16. The first-order valence-corrected chi connectivity index (χ1v) is 5.65. The van der Waals surface area contributed by atoms with Crippen LogP contribution in [0.2, 0.25) is 0 Å². The van der Waals surface area contributed by atoms with Gasteiger partial charge in [-0.3, -0.25) is 0 Å². The van der Waals surface area contributed by atoms with Crippen LogP contribution < -0.4 is 10.5 Å². The SMILES string of the molecule is C=C(C)C[C@@H](N)c1ccc(OC(C)C)cc1.Cl. The van der Waals surface area contributed by atoms with E-state index in [4.69, 9.17) is 10.5 Å². The summed E-state index contributed by atoms with van der Waals surface area (Å²) >= 11 is 0. The van der Waals surface area contributed by atoms with E-state index in [0.717, 1.165) is 23.3 Å². The highest BCUT2D eigenvalue weighted by molar-refractivity contribution is 5.85. The zero-order valence-electron chi connectivity index (χ0n) is 10.8. The van der Waals surface area contributed by atoms with E-state index < -0.39 is 0 Å². The van der Waals surface area contributed by atoms with Crippen molar-refractivity contribution in [3.05, 3.63) is 42.0 Å². The number of nitrogens with two attached hydrogens (primary N) is 1. The van der Waals surface area contributed by atoms with Gasteiger partial charge in [-0.2, -0.15) is 0 Å². The Morgan fingerprint density at radius 1 is 1.29 bits per heavy atom. The lowest BCUT2D eigenvalue weighted by molar-refractivity contribution is 0.242. The van der Waals surface area contributed by atoms with Crippen LogP contribution in [-0.4, -0.2) is 6.10 Å². The van der Waals surface area contributed by atoms with Crippen LogP contribution in [0.15, 0.2) is 36.4 Å². The summed E-state index contributed by atoms with van der Waals surface area (Å²) in [5.74, 6) is 0.890. The van der Waals surface area contributed by atoms with Crippen molar-refractivity contribution in [1.82, 2.24) is 0 Å². The van der Waals surface area contributed by atoms with E-state index in [2.05, 4.69) is 6.58 Å². The summed E-state index contributed by atoms with van der Waals surface area (Å²) in [4.78, 5) is 0. The molecule has 0 saturated carbocycles. The second-order valence-electron chi connectivity index (χ2n) is 4.50. The Morgan fingerprint density at radius 3 is 2.24 bits per heavy atom. The van der Waals surface area contributed by atoms with Crippen molar-refractivity contribution in [2.24, 2.45) is 5.73 Å². The Balaban J connectivity index is 0.00000256. The molecule has 0 heterocycles. The van der Waals surface area contributed by atoms with Crippen LogP contribution >= 0.6 is 12.4 Å². The van der Waals surface area contributed by atoms with Gasteiger partial charge in [0.2, 0.25) is 0 Å². The molecular weight excluding hydrogens is 234 g/mol. The van der Waals surface area contributed by atoms with Crippen molar-refractivity contribution < 1.29 is 4.74 Å². The molecule has 96 valence electrons. The predicted molar refractivity (Wildman–Crippen MR) is 75.8 cm³/mol. The molecule has 0 aliphatic carbocycles. The van der Waals surface area contributed by atoms with Gasteiger partial charge in [-0.25, -0.2) is 0 Å². The molecule has 2 N–H and O–H groups in total. The molecule has 1 rings (SSSR count). The molecular formula is C14H22ClNO. The first-order valence-electron chi connectivity index (χ1n) is 5.65. The van der Waals surface area contributed by atoms with Gasteiger partial charge in [0, 0.05) is 6.04 Å². The molecule has 0 radical (unpaired) electrons. The van der Waals surface area contributed by atoms with E-state index in [1.807, 2.05) is 45.0 Å². The Labute approximate surface area is 110 Å². The van der Waals surface area contributed by atoms with E-state index in [9.17, 15) is 0 Å². The molecule has 0 aromatic heterocycles. The lowest BCUT2D eigenvalue weighted by atomic mass is 10.0. The van der Waals surface area contributed by atoms with Gasteiger partial charge in [0.15, 0.2) is 0 Å². The summed E-state index contributed by atoms with van der Waals surface area (Å²) < 4.78 is 5.57. The minimum atomic E-state index is 0. The number of rotatable bonds is 5. The minimum absolute atomic E-state index is 0. The first-order chi connectivity index (χ1) is 7.49. The standard InChI is InChI=1S/C14H21NO.ClH/c1-10(2)9-14(15)12-5-7-13(8-6-12)16-11(3)4;/h5-8,11,14H,1,9,15H2,2-4H3;1H/t14-;/m1./s1. The van der Waals surface area contributed by atoms with Crippen molar-refractivity contribution in [2.45, 2.75) is 39.3 Å². The zero-order valence-corrected chi connectivity index (χ0v) is 11.6. The van der Waals surface area contributed by atoms with Gasteiger partial charge in [-0.15, -0.1) is 19.0 Å². The van der Waals surface area contributed by atoms with Gasteiger partial charge >= 0.3 is 0 Å². The van der Waals surface area contributed by atoms with E-state index in [0.29, 0.717) is 0 Å². The number of hydrogen-bond acceptors (Lipinski definition) is 2. The van der Waals surface area contributed by atoms with Crippen LogP contribution in [0.4, 0.5) is 0 Å². The van der Waals surface area contributed by atoms with Crippen LogP contribution in [0.1, 0.15) is 38.8 Å². The maximum Gasteiger partial charge on any atom is 0.119 e. The van der Waals surface area contributed by atoms with Crippen molar-refractivity contribution in [3.8, 4) is 5.75 Å². The topological polar surface area (TPSA) is 35.2 Å². The van der Waals surface area contributed by atoms with E-state index in [-0.39, 0.29) is 24.6 Å². The van der Waals surface area contributed by atoms with Crippen LogP contribution in [-0.2, 0) is 0 Å². The largest absolute Gasteiger partial charge is 0.491 e. The monoisotopic (exact) mass is 255 g/mol. The number of hydrogen-bond donors (Lipinski definition) is 1. The van der Waals surface area contributed by atoms with E-state index >= 15 is 0 Å². The molecule has 1 aromatic carbocycles. The second kappa shape index (κ2) is 7.36. The molecule has 0 unspecified atom stereocenters. The molecule has 0 aliphatic rings. The minimum Gasteiger partial charge on any atom is -0.491 e. The molecule has 1 atom stereocenters. The molecule has 0 spiro atoms. The van der Waals surface area contributed by atoms with Crippen molar-refractivity contribution >= 4 is 12.4 Å². The maximum absolute atomic E-state index is 6.05. The van der Waals surface area contributed by atoms with Crippen LogP contribution in [0.5, 0.6) is 5.75 Å². The summed E-state index contributed by atoms with van der Waals surface area (Å²) in [5.41, 5.74) is 8.28. The Bertz CT molecular complexity index is 346. The van der Waals surface area contributed by atoms with Gasteiger partial charge in [-0.1, -0.05) is 17.7 Å². The van der Waals surface area contributed by atoms with Gasteiger partial charge in [0.1, 0.15) is 5.75 Å². The summed E-state index contributed by atoms with van der Waals surface area (Å²) in [6.07, 6.45) is 1.03. The highest BCUT2D eigenvalue weighted by atomic mass is 35.5. The average molecular weight is 256 g/mol.